The van der Waals surface area contributed by atoms with Crippen LogP contribution in [0.25, 0.3) is 0 Å². The molecule has 1 aromatic heterocycles. The molecule has 9 nitrogen and oxygen atoms in total. The van der Waals surface area contributed by atoms with Crippen LogP contribution in [0.3, 0.4) is 0 Å². The number of nitrogens with zero attached hydrogens (tertiary/aromatic N) is 2. The largest absolute Gasteiger partial charge is 0.462 e. The lowest BCUT2D eigenvalue weighted by Crippen LogP contribution is -2.55. The first-order valence-corrected chi connectivity index (χ1v) is 13.6. The lowest BCUT2D eigenvalue weighted by atomic mass is 9.83. The molecule has 1 aromatic carbocycles. The second-order valence-corrected chi connectivity index (χ2v) is 10.2. The van der Waals surface area contributed by atoms with E-state index in [0.717, 1.165) is 12.1 Å². The lowest BCUT2D eigenvalue weighted by Gasteiger charge is -2.43. The summed E-state index contributed by atoms with van der Waals surface area (Å²) in [5.74, 6) is 0.295. The van der Waals surface area contributed by atoms with Crippen LogP contribution in [0.15, 0.2) is 47.3 Å². The van der Waals surface area contributed by atoms with E-state index in [1.165, 1.54) is 0 Å². The fourth-order valence-corrected chi connectivity index (χ4v) is 5.41. The molecular formula is C26H32N4O5S. The number of thioether (sulfide) groups is 1. The number of nitrogens with one attached hydrogen (secondary N) is 2. The van der Waals surface area contributed by atoms with Gasteiger partial charge < -0.3 is 24.8 Å². The molecular weight excluding hydrogens is 480 g/mol. The molecule has 1 fully saturated rings. The van der Waals surface area contributed by atoms with Gasteiger partial charge in [-0.15, -0.1) is 0 Å². The summed E-state index contributed by atoms with van der Waals surface area (Å²) in [6, 6.07) is 10.8. The Labute approximate surface area is 214 Å². The Hall–Kier alpha value is -3.27. The number of ether oxygens (including phenoxy) is 1. The van der Waals surface area contributed by atoms with Crippen LogP contribution in [0.2, 0.25) is 0 Å². The number of benzene rings is 1. The second kappa shape index (κ2) is 11.6. The third-order valence-corrected chi connectivity index (χ3v) is 7.30. The smallest absolute Gasteiger partial charge is 0.338 e. The van der Waals surface area contributed by atoms with E-state index in [1.807, 2.05) is 16.9 Å². The van der Waals surface area contributed by atoms with E-state index in [-0.39, 0.29) is 35.9 Å². The first-order valence-electron chi connectivity index (χ1n) is 12.2. The highest BCUT2D eigenvalue weighted by Crippen LogP contribution is 2.34. The van der Waals surface area contributed by atoms with E-state index >= 15 is 0 Å². The average Bonchev–Trinajstić information content (AvgIpc) is 2.87. The molecule has 2 aromatic rings. The number of piperidine rings is 1. The number of hydrogen-bond donors (Lipinski definition) is 2. The van der Waals surface area contributed by atoms with Crippen LogP contribution >= 0.6 is 11.8 Å². The van der Waals surface area contributed by atoms with Crippen molar-refractivity contribution in [2.24, 2.45) is 5.92 Å². The van der Waals surface area contributed by atoms with Crippen molar-refractivity contribution in [1.29, 1.82) is 0 Å². The van der Waals surface area contributed by atoms with Crippen molar-refractivity contribution in [1.82, 2.24) is 14.8 Å². The van der Waals surface area contributed by atoms with Gasteiger partial charge in [0.15, 0.2) is 0 Å². The number of amides is 3. The molecule has 2 bridgehead atoms. The Morgan fingerprint density at radius 3 is 2.61 bits per heavy atom. The van der Waals surface area contributed by atoms with Gasteiger partial charge in [-0.3, -0.25) is 9.59 Å². The van der Waals surface area contributed by atoms with Gasteiger partial charge in [0, 0.05) is 43.0 Å². The topological polar surface area (TPSA) is 110 Å². The maximum atomic E-state index is 13.2. The van der Waals surface area contributed by atoms with Crippen LogP contribution < -0.4 is 16.2 Å². The van der Waals surface area contributed by atoms with Crippen LogP contribution in [0.4, 0.5) is 10.5 Å². The summed E-state index contributed by atoms with van der Waals surface area (Å²) in [4.78, 5) is 52.2. The Morgan fingerprint density at radius 1 is 1.11 bits per heavy atom. The van der Waals surface area contributed by atoms with Crippen LogP contribution in [0.5, 0.6) is 0 Å². The van der Waals surface area contributed by atoms with Crippen LogP contribution in [0.1, 0.15) is 41.7 Å². The van der Waals surface area contributed by atoms with E-state index in [0.29, 0.717) is 43.1 Å². The quantitative estimate of drug-likeness (QED) is 0.527. The van der Waals surface area contributed by atoms with Crippen molar-refractivity contribution in [3.63, 3.8) is 0 Å². The zero-order valence-corrected chi connectivity index (χ0v) is 21.4. The van der Waals surface area contributed by atoms with Crippen molar-refractivity contribution in [3.05, 3.63) is 64.1 Å². The highest BCUT2D eigenvalue weighted by molar-refractivity contribution is 7.98. The van der Waals surface area contributed by atoms with Gasteiger partial charge in [0.2, 0.25) is 5.91 Å². The van der Waals surface area contributed by atoms with Crippen molar-refractivity contribution in [2.75, 3.05) is 37.0 Å². The Bertz CT molecular complexity index is 1170. The Balaban J connectivity index is 1.40. The maximum Gasteiger partial charge on any atom is 0.338 e. The molecule has 4 rings (SSSR count). The van der Waals surface area contributed by atoms with Gasteiger partial charge in [0.05, 0.1) is 12.2 Å². The van der Waals surface area contributed by atoms with Crippen molar-refractivity contribution < 1.29 is 19.1 Å². The molecule has 0 saturated carbocycles. The molecule has 36 heavy (non-hydrogen) atoms. The Kier molecular flexibility index (Phi) is 8.35. The number of hydrogen-bond acceptors (Lipinski definition) is 6. The molecule has 1 saturated heterocycles. The summed E-state index contributed by atoms with van der Waals surface area (Å²) < 4.78 is 6.82. The highest BCUT2D eigenvalue weighted by atomic mass is 32.2. The first-order chi connectivity index (χ1) is 17.4. The minimum Gasteiger partial charge on any atom is -0.462 e. The van der Waals surface area contributed by atoms with Gasteiger partial charge in [-0.1, -0.05) is 6.07 Å². The number of esters is 1. The SMILES string of the molecule is CCOC(=O)c1ccc(NC(=O)[C@H](CCSC)NC(=O)N2C[C@@H]3C[C@H](C2)c2cccc(=O)n2C3)cc1. The molecule has 192 valence electrons. The van der Waals surface area contributed by atoms with Crippen molar-refractivity contribution in [2.45, 2.75) is 38.3 Å². The molecule has 2 aliphatic rings. The number of likely N-dealkylation sites (tertiary alicyclic amines) is 1. The molecule has 0 radical (unpaired) electrons. The third-order valence-electron chi connectivity index (χ3n) is 6.66. The van der Waals surface area contributed by atoms with E-state index in [9.17, 15) is 19.2 Å². The van der Waals surface area contributed by atoms with E-state index in [2.05, 4.69) is 10.6 Å². The fraction of sp³-hybridized carbons (Fsp3) is 0.462. The standard InChI is InChI=1S/C26H32N4O5S/c1-3-35-25(33)18-7-9-20(10-8-18)27-24(32)21(11-12-36-2)28-26(34)29-14-17-13-19(16-29)22-5-4-6-23(31)30(22)15-17/h4-10,17,19,21H,3,11-16H2,1-2H3,(H,27,32)(H,28,34)/t17-,19+,21-/m0/s1. The Morgan fingerprint density at radius 2 is 1.89 bits per heavy atom. The average molecular weight is 513 g/mol. The maximum absolute atomic E-state index is 13.2. The number of anilines is 1. The molecule has 3 amide bonds. The minimum atomic E-state index is -0.702. The van der Waals surface area contributed by atoms with Crippen LogP contribution in [-0.2, 0) is 16.1 Å². The highest BCUT2D eigenvalue weighted by Gasteiger charge is 2.37. The van der Waals surface area contributed by atoms with Gasteiger partial charge in [0.1, 0.15) is 6.04 Å². The van der Waals surface area contributed by atoms with Gasteiger partial charge in [-0.05, 0) is 68.0 Å². The number of aromatic nitrogens is 1. The van der Waals surface area contributed by atoms with Gasteiger partial charge in [-0.25, -0.2) is 9.59 Å². The number of carbonyl (C=O) groups excluding carboxylic acids is 3. The monoisotopic (exact) mass is 512 g/mol. The normalized spacial score (nSPS) is 19.1. The van der Waals surface area contributed by atoms with Crippen LogP contribution in [-0.4, -0.2) is 65.1 Å². The summed E-state index contributed by atoms with van der Waals surface area (Å²) in [6.07, 6.45) is 3.39. The summed E-state index contributed by atoms with van der Waals surface area (Å²) in [7, 11) is 0. The predicted octanol–water partition coefficient (Wildman–Crippen LogP) is 2.91. The summed E-state index contributed by atoms with van der Waals surface area (Å²) >= 11 is 1.60. The van der Waals surface area contributed by atoms with E-state index in [1.54, 1.807) is 60.0 Å². The molecule has 3 atom stereocenters. The lowest BCUT2D eigenvalue weighted by molar-refractivity contribution is -0.118. The van der Waals surface area contributed by atoms with Crippen molar-refractivity contribution in [3.8, 4) is 0 Å². The molecule has 3 heterocycles. The second-order valence-electron chi connectivity index (χ2n) is 9.17. The zero-order chi connectivity index (χ0) is 25.7. The van der Waals surface area contributed by atoms with Crippen LogP contribution in [0, 0.1) is 5.92 Å². The van der Waals surface area contributed by atoms with E-state index < -0.39 is 12.0 Å². The fourth-order valence-electron chi connectivity index (χ4n) is 4.94. The van der Waals surface area contributed by atoms with E-state index in [4.69, 9.17) is 4.74 Å². The molecule has 0 aliphatic carbocycles. The van der Waals surface area contributed by atoms with Gasteiger partial charge >= 0.3 is 12.0 Å². The van der Waals surface area contributed by atoms with Gasteiger partial charge in [-0.2, -0.15) is 11.8 Å². The predicted molar refractivity (Wildman–Crippen MR) is 139 cm³/mol. The minimum absolute atomic E-state index is 0.00388. The van der Waals surface area contributed by atoms with Gasteiger partial charge in [0.25, 0.3) is 5.56 Å². The number of rotatable bonds is 8. The first kappa shape index (κ1) is 25.8. The summed E-state index contributed by atoms with van der Waals surface area (Å²) in [5, 5.41) is 5.78. The molecule has 2 N–H and O–H groups in total. The zero-order valence-electron chi connectivity index (χ0n) is 20.6. The number of urea groups is 1. The molecule has 0 unspecified atom stereocenters. The summed E-state index contributed by atoms with van der Waals surface area (Å²) in [5.41, 5.74) is 1.91. The molecule has 10 heteroatoms. The number of pyridine rings is 1. The number of carbonyl (C=O) groups is 3. The summed E-state index contributed by atoms with van der Waals surface area (Å²) in [6.45, 7) is 3.70. The molecule has 0 spiro atoms. The third kappa shape index (κ3) is 5.92. The number of fused-ring (bicyclic) bond motifs is 4. The molecule has 2 aliphatic heterocycles. The van der Waals surface area contributed by atoms with Crippen molar-refractivity contribution >= 4 is 35.4 Å².